The highest BCUT2D eigenvalue weighted by Crippen LogP contribution is 2.23. The van der Waals surface area contributed by atoms with E-state index in [1.54, 1.807) is 0 Å². The third-order valence-electron chi connectivity index (χ3n) is 2.78. The van der Waals surface area contributed by atoms with Gasteiger partial charge in [-0.1, -0.05) is 40.1 Å². The van der Waals surface area contributed by atoms with Crippen molar-refractivity contribution >= 4 is 21.7 Å². The number of Topliss-reactive ketones (excluding diaryl/α,β-unsaturated/α-hetero) is 1. The van der Waals surface area contributed by atoms with Crippen molar-refractivity contribution in [3.05, 3.63) is 34.1 Å². The van der Waals surface area contributed by atoms with Crippen LogP contribution in [0, 0.1) is 6.92 Å². The zero-order chi connectivity index (χ0) is 13.8. The minimum atomic E-state index is 0.128. The normalized spacial score (nSPS) is 10.7. The third-order valence-corrected chi connectivity index (χ3v) is 3.63. The highest BCUT2D eigenvalue weighted by atomic mass is 79.9. The molecule has 0 atom stereocenters. The summed E-state index contributed by atoms with van der Waals surface area (Å²) in [5, 5.41) is 3.91. The van der Waals surface area contributed by atoms with Crippen LogP contribution in [0.25, 0.3) is 11.4 Å². The molecule has 0 aliphatic carbocycles. The molecular weight excluding hydrogens is 308 g/mol. The number of benzene rings is 1. The van der Waals surface area contributed by atoms with Crippen molar-refractivity contribution in [1.29, 1.82) is 0 Å². The van der Waals surface area contributed by atoms with Crippen LogP contribution in [-0.2, 0) is 11.2 Å². The lowest BCUT2D eigenvalue weighted by atomic mass is 10.1. The standard InChI is InChI=1S/C14H15BrN2O2/c1-3-4-11(18)8-13-16-14(17-19-13)10-6-5-9(2)12(15)7-10/h5-7H,3-4,8H2,1-2H3. The quantitative estimate of drug-likeness (QED) is 0.841. The second-order valence-corrected chi connectivity index (χ2v) is 5.30. The van der Waals surface area contributed by atoms with Crippen LogP contribution in [0.2, 0.25) is 0 Å². The minimum absolute atomic E-state index is 0.128. The Morgan fingerprint density at radius 1 is 1.42 bits per heavy atom. The fourth-order valence-corrected chi connectivity index (χ4v) is 2.09. The van der Waals surface area contributed by atoms with Gasteiger partial charge < -0.3 is 4.52 Å². The first kappa shape index (κ1) is 13.9. The van der Waals surface area contributed by atoms with Crippen LogP contribution in [0.15, 0.2) is 27.2 Å². The molecule has 0 saturated carbocycles. The molecule has 0 radical (unpaired) electrons. The number of aromatic nitrogens is 2. The molecule has 0 spiro atoms. The smallest absolute Gasteiger partial charge is 0.234 e. The topological polar surface area (TPSA) is 56.0 Å². The van der Waals surface area contributed by atoms with Crippen molar-refractivity contribution in [2.75, 3.05) is 0 Å². The Morgan fingerprint density at radius 2 is 2.21 bits per heavy atom. The van der Waals surface area contributed by atoms with E-state index in [4.69, 9.17) is 4.52 Å². The lowest BCUT2D eigenvalue weighted by molar-refractivity contribution is -0.118. The van der Waals surface area contributed by atoms with E-state index < -0.39 is 0 Å². The molecule has 0 N–H and O–H groups in total. The Balaban J connectivity index is 2.16. The molecule has 0 saturated heterocycles. The van der Waals surface area contributed by atoms with Crippen molar-refractivity contribution in [2.45, 2.75) is 33.1 Å². The van der Waals surface area contributed by atoms with E-state index in [0.717, 1.165) is 22.0 Å². The number of hydrogen-bond donors (Lipinski definition) is 0. The largest absolute Gasteiger partial charge is 0.339 e. The summed E-state index contributed by atoms with van der Waals surface area (Å²) in [4.78, 5) is 15.8. The summed E-state index contributed by atoms with van der Waals surface area (Å²) < 4.78 is 6.11. The zero-order valence-electron chi connectivity index (χ0n) is 10.9. The maximum atomic E-state index is 11.5. The van der Waals surface area contributed by atoms with Gasteiger partial charge in [0, 0.05) is 16.5 Å². The van der Waals surface area contributed by atoms with Crippen molar-refractivity contribution in [1.82, 2.24) is 10.1 Å². The van der Waals surface area contributed by atoms with Gasteiger partial charge in [0.05, 0.1) is 6.42 Å². The molecule has 2 aromatic rings. The van der Waals surface area contributed by atoms with Gasteiger partial charge in [-0.2, -0.15) is 4.98 Å². The summed E-state index contributed by atoms with van der Waals surface area (Å²) in [6.45, 7) is 3.99. The van der Waals surface area contributed by atoms with Crippen molar-refractivity contribution in [2.24, 2.45) is 0 Å². The van der Waals surface area contributed by atoms with Gasteiger partial charge in [0.2, 0.25) is 11.7 Å². The van der Waals surface area contributed by atoms with Gasteiger partial charge in [-0.05, 0) is 25.0 Å². The highest BCUT2D eigenvalue weighted by molar-refractivity contribution is 9.10. The first-order valence-corrected chi connectivity index (χ1v) is 7.00. The molecule has 0 bridgehead atoms. The molecule has 0 amide bonds. The summed E-state index contributed by atoms with van der Waals surface area (Å²) in [5.41, 5.74) is 2.01. The van der Waals surface area contributed by atoms with Crippen LogP contribution in [0.4, 0.5) is 0 Å². The van der Waals surface area contributed by atoms with Gasteiger partial charge in [-0.25, -0.2) is 0 Å². The molecule has 5 heteroatoms. The molecule has 19 heavy (non-hydrogen) atoms. The van der Waals surface area contributed by atoms with Crippen LogP contribution in [-0.4, -0.2) is 15.9 Å². The first-order valence-electron chi connectivity index (χ1n) is 6.21. The average molecular weight is 323 g/mol. The van der Waals surface area contributed by atoms with Crippen LogP contribution in [0.1, 0.15) is 31.2 Å². The number of halogens is 1. The van der Waals surface area contributed by atoms with E-state index in [2.05, 4.69) is 26.1 Å². The molecule has 0 aliphatic rings. The highest BCUT2D eigenvalue weighted by Gasteiger charge is 2.12. The molecule has 0 unspecified atom stereocenters. The Labute approximate surface area is 120 Å². The molecule has 0 fully saturated rings. The first-order chi connectivity index (χ1) is 9.10. The number of carbonyl (C=O) groups is 1. The lowest BCUT2D eigenvalue weighted by Gasteiger charge is -1.99. The summed E-state index contributed by atoms with van der Waals surface area (Å²) in [5.74, 6) is 1.02. The monoisotopic (exact) mass is 322 g/mol. The Hall–Kier alpha value is -1.49. The Kier molecular flexibility index (Phi) is 4.47. The van der Waals surface area contributed by atoms with Crippen molar-refractivity contribution in [3.8, 4) is 11.4 Å². The molecule has 1 aromatic heterocycles. The second-order valence-electron chi connectivity index (χ2n) is 4.44. The van der Waals surface area contributed by atoms with Gasteiger partial charge in [-0.15, -0.1) is 0 Å². The van der Waals surface area contributed by atoms with Gasteiger partial charge in [0.25, 0.3) is 0 Å². The third kappa shape index (κ3) is 3.50. The number of carbonyl (C=O) groups excluding carboxylic acids is 1. The van der Waals surface area contributed by atoms with Gasteiger partial charge >= 0.3 is 0 Å². The van der Waals surface area contributed by atoms with Crippen LogP contribution in [0.3, 0.4) is 0 Å². The Morgan fingerprint density at radius 3 is 2.89 bits per heavy atom. The fraction of sp³-hybridized carbons (Fsp3) is 0.357. The van der Waals surface area contributed by atoms with Gasteiger partial charge in [-0.3, -0.25) is 4.79 Å². The summed E-state index contributed by atoms with van der Waals surface area (Å²) in [6.07, 6.45) is 1.60. The number of hydrogen-bond acceptors (Lipinski definition) is 4. The maximum absolute atomic E-state index is 11.5. The molecule has 1 heterocycles. The predicted octanol–water partition coefficient (Wildman–Crippen LogP) is 3.72. The van der Waals surface area contributed by atoms with E-state index in [1.165, 1.54) is 0 Å². The van der Waals surface area contributed by atoms with Crippen LogP contribution in [0.5, 0.6) is 0 Å². The Bertz CT molecular complexity index is 593. The van der Waals surface area contributed by atoms with Crippen LogP contribution < -0.4 is 0 Å². The van der Waals surface area contributed by atoms with Crippen molar-refractivity contribution in [3.63, 3.8) is 0 Å². The fourth-order valence-electron chi connectivity index (χ4n) is 1.71. The number of nitrogens with zero attached hydrogens (tertiary/aromatic N) is 2. The molecular formula is C14H15BrN2O2. The van der Waals surface area contributed by atoms with E-state index >= 15 is 0 Å². The molecule has 0 aliphatic heterocycles. The second kappa shape index (κ2) is 6.10. The molecule has 100 valence electrons. The van der Waals surface area contributed by atoms with Gasteiger partial charge in [0.15, 0.2) is 0 Å². The van der Waals surface area contributed by atoms with Gasteiger partial charge in [0.1, 0.15) is 5.78 Å². The minimum Gasteiger partial charge on any atom is -0.339 e. The SMILES string of the molecule is CCCC(=O)Cc1nc(-c2ccc(C)c(Br)c2)no1. The van der Waals surface area contributed by atoms with E-state index in [9.17, 15) is 4.79 Å². The summed E-state index contributed by atoms with van der Waals surface area (Å²) in [6, 6.07) is 5.86. The molecule has 4 nitrogen and oxygen atoms in total. The summed E-state index contributed by atoms with van der Waals surface area (Å²) in [7, 11) is 0. The number of aryl methyl sites for hydroxylation is 1. The summed E-state index contributed by atoms with van der Waals surface area (Å²) >= 11 is 3.47. The predicted molar refractivity (Wildman–Crippen MR) is 75.8 cm³/mol. The number of rotatable bonds is 5. The zero-order valence-corrected chi connectivity index (χ0v) is 12.5. The van der Waals surface area contributed by atoms with E-state index in [1.807, 2.05) is 32.0 Å². The van der Waals surface area contributed by atoms with E-state index in [0.29, 0.717) is 18.1 Å². The van der Waals surface area contributed by atoms with Crippen LogP contribution >= 0.6 is 15.9 Å². The molecule has 2 rings (SSSR count). The van der Waals surface area contributed by atoms with Crippen molar-refractivity contribution < 1.29 is 9.32 Å². The maximum Gasteiger partial charge on any atom is 0.234 e. The lowest BCUT2D eigenvalue weighted by Crippen LogP contribution is -2.01. The number of ketones is 1. The molecule has 1 aromatic carbocycles. The van der Waals surface area contributed by atoms with E-state index in [-0.39, 0.29) is 12.2 Å². The average Bonchev–Trinajstić information content (AvgIpc) is 2.81.